The SMILES string of the molecule is N#Cc1ccc(NCC2CCN(Cc3nc4ccccc4o3)C2)nc1. The zero-order valence-electron chi connectivity index (χ0n) is 13.9. The fraction of sp³-hybridized carbons (Fsp3) is 0.316. The predicted octanol–water partition coefficient (Wildman–Crippen LogP) is 3.03. The van der Waals surface area contributed by atoms with Crippen molar-refractivity contribution in [1.29, 1.82) is 5.26 Å². The van der Waals surface area contributed by atoms with Crippen LogP contribution in [0, 0.1) is 17.2 Å². The number of nitrogens with zero attached hydrogens (tertiary/aromatic N) is 4. The van der Waals surface area contributed by atoms with Gasteiger partial charge in [0.2, 0.25) is 5.89 Å². The van der Waals surface area contributed by atoms with Gasteiger partial charge in [0.25, 0.3) is 0 Å². The minimum absolute atomic E-state index is 0.571. The van der Waals surface area contributed by atoms with Crippen molar-refractivity contribution in [2.45, 2.75) is 13.0 Å². The van der Waals surface area contributed by atoms with Gasteiger partial charge in [-0.1, -0.05) is 12.1 Å². The van der Waals surface area contributed by atoms with Crippen LogP contribution in [0.25, 0.3) is 11.1 Å². The van der Waals surface area contributed by atoms with Gasteiger partial charge < -0.3 is 9.73 Å². The molecule has 6 heteroatoms. The average molecular weight is 333 g/mol. The summed E-state index contributed by atoms with van der Waals surface area (Å²) >= 11 is 0. The second kappa shape index (κ2) is 6.91. The molecule has 0 radical (unpaired) electrons. The maximum Gasteiger partial charge on any atom is 0.209 e. The predicted molar refractivity (Wildman–Crippen MR) is 94.8 cm³/mol. The highest BCUT2D eigenvalue weighted by Crippen LogP contribution is 2.21. The number of oxazole rings is 1. The van der Waals surface area contributed by atoms with Crippen molar-refractivity contribution < 1.29 is 4.42 Å². The lowest BCUT2D eigenvalue weighted by Gasteiger charge is -2.14. The van der Waals surface area contributed by atoms with Crippen molar-refractivity contribution in [3.63, 3.8) is 0 Å². The number of para-hydroxylation sites is 2. The van der Waals surface area contributed by atoms with Crippen LogP contribution in [0.4, 0.5) is 5.82 Å². The number of likely N-dealkylation sites (tertiary alicyclic amines) is 1. The van der Waals surface area contributed by atoms with Crippen LogP contribution in [0.5, 0.6) is 0 Å². The molecule has 1 atom stereocenters. The summed E-state index contributed by atoms with van der Waals surface area (Å²) in [6, 6.07) is 13.6. The van der Waals surface area contributed by atoms with Crippen LogP contribution in [0.2, 0.25) is 0 Å². The van der Waals surface area contributed by atoms with E-state index in [1.807, 2.05) is 30.3 Å². The Hall–Kier alpha value is -2.91. The molecule has 2 aromatic heterocycles. The van der Waals surface area contributed by atoms with Crippen molar-refractivity contribution in [2.75, 3.05) is 25.0 Å². The molecule has 1 aromatic carbocycles. The molecule has 25 heavy (non-hydrogen) atoms. The first kappa shape index (κ1) is 15.6. The van der Waals surface area contributed by atoms with Gasteiger partial charge in [-0.25, -0.2) is 9.97 Å². The van der Waals surface area contributed by atoms with Crippen LogP contribution in [0.15, 0.2) is 47.0 Å². The Kier molecular flexibility index (Phi) is 4.32. The number of anilines is 1. The van der Waals surface area contributed by atoms with Gasteiger partial charge in [-0.05, 0) is 43.1 Å². The Balaban J connectivity index is 1.29. The first-order valence-corrected chi connectivity index (χ1v) is 8.47. The number of aromatic nitrogens is 2. The molecule has 0 saturated carbocycles. The Morgan fingerprint density at radius 3 is 3.00 bits per heavy atom. The fourth-order valence-electron chi connectivity index (χ4n) is 3.22. The van der Waals surface area contributed by atoms with Crippen LogP contribution in [-0.4, -0.2) is 34.5 Å². The van der Waals surface area contributed by atoms with E-state index in [2.05, 4.69) is 26.3 Å². The van der Waals surface area contributed by atoms with E-state index in [1.165, 1.54) is 0 Å². The summed E-state index contributed by atoms with van der Waals surface area (Å²) < 4.78 is 5.81. The molecule has 4 rings (SSSR count). The Bertz CT molecular complexity index is 863. The quantitative estimate of drug-likeness (QED) is 0.773. The van der Waals surface area contributed by atoms with Crippen LogP contribution in [0.1, 0.15) is 17.9 Å². The van der Waals surface area contributed by atoms with Gasteiger partial charge in [-0.3, -0.25) is 4.90 Å². The summed E-state index contributed by atoms with van der Waals surface area (Å²) in [4.78, 5) is 11.2. The highest BCUT2D eigenvalue weighted by Gasteiger charge is 2.23. The number of hydrogen-bond donors (Lipinski definition) is 1. The molecule has 1 N–H and O–H groups in total. The maximum absolute atomic E-state index is 8.80. The second-order valence-corrected chi connectivity index (χ2v) is 6.39. The van der Waals surface area contributed by atoms with Gasteiger partial charge in [0.05, 0.1) is 12.1 Å². The van der Waals surface area contributed by atoms with Gasteiger partial charge in [0, 0.05) is 19.3 Å². The molecule has 3 aromatic rings. The van der Waals surface area contributed by atoms with Gasteiger partial charge >= 0.3 is 0 Å². The standard InChI is InChI=1S/C19H19N5O/c20-9-14-5-6-18(21-10-14)22-11-15-7-8-24(12-15)13-19-23-16-3-1-2-4-17(16)25-19/h1-6,10,15H,7-8,11-13H2,(H,21,22). The Morgan fingerprint density at radius 2 is 2.20 bits per heavy atom. The maximum atomic E-state index is 8.80. The van der Waals surface area contributed by atoms with Gasteiger partial charge in [-0.15, -0.1) is 0 Å². The average Bonchev–Trinajstić information content (AvgIpc) is 3.26. The summed E-state index contributed by atoms with van der Waals surface area (Å²) in [5, 5.41) is 12.2. The summed E-state index contributed by atoms with van der Waals surface area (Å²) in [6.45, 7) is 3.69. The van der Waals surface area contributed by atoms with Crippen LogP contribution in [-0.2, 0) is 6.54 Å². The minimum Gasteiger partial charge on any atom is -0.439 e. The smallest absolute Gasteiger partial charge is 0.209 e. The molecule has 1 aliphatic rings. The Morgan fingerprint density at radius 1 is 1.28 bits per heavy atom. The van der Waals surface area contributed by atoms with Gasteiger partial charge in [0.15, 0.2) is 5.58 Å². The number of fused-ring (bicyclic) bond motifs is 1. The van der Waals surface area contributed by atoms with E-state index in [4.69, 9.17) is 9.68 Å². The molecule has 0 aliphatic carbocycles. The van der Waals surface area contributed by atoms with E-state index in [9.17, 15) is 0 Å². The summed E-state index contributed by atoms with van der Waals surface area (Å²) in [5.74, 6) is 2.17. The molecule has 0 spiro atoms. The number of nitriles is 1. The molecule has 1 unspecified atom stereocenters. The minimum atomic E-state index is 0.571. The van der Waals surface area contributed by atoms with E-state index in [0.717, 1.165) is 55.4 Å². The van der Waals surface area contributed by atoms with Crippen LogP contribution >= 0.6 is 0 Å². The van der Waals surface area contributed by atoms with Crippen molar-refractivity contribution in [1.82, 2.24) is 14.9 Å². The third kappa shape index (κ3) is 3.62. The first-order chi connectivity index (χ1) is 12.3. The van der Waals surface area contributed by atoms with Crippen LogP contribution in [0.3, 0.4) is 0 Å². The van der Waals surface area contributed by atoms with E-state index in [0.29, 0.717) is 11.5 Å². The third-order valence-corrected chi connectivity index (χ3v) is 4.53. The van der Waals surface area contributed by atoms with Crippen molar-refractivity contribution in [3.05, 3.63) is 54.0 Å². The molecule has 3 heterocycles. The monoisotopic (exact) mass is 333 g/mol. The lowest BCUT2D eigenvalue weighted by atomic mass is 10.1. The highest BCUT2D eigenvalue weighted by atomic mass is 16.3. The molecule has 1 saturated heterocycles. The van der Waals surface area contributed by atoms with E-state index in [-0.39, 0.29) is 0 Å². The lowest BCUT2D eigenvalue weighted by Crippen LogP contribution is -2.23. The normalized spacial score (nSPS) is 17.6. The zero-order chi connectivity index (χ0) is 17.1. The van der Waals surface area contributed by atoms with E-state index in [1.54, 1.807) is 12.3 Å². The van der Waals surface area contributed by atoms with E-state index >= 15 is 0 Å². The summed E-state index contributed by atoms with van der Waals surface area (Å²) in [6.07, 6.45) is 2.74. The van der Waals surface area contributed by atoms with Crippen LogP contribution < -0.4 is 5.32 Å². The number of rotatable bonds is 5. The van der Waals surface area contributed by atoms with Crippen molar-refractivity contribution >= 4 is 16.9 Å². The Labute approximate surface area is 146 Å². The molecule has 126 valence electrons. The second-order valence-electron chi connectivity index (χ2n) is 6.39. The van der Waals surface area contributed by atoms with E-state index < -0.39 is 0 Å². The molecule has 0 amide bonds. The molecular formula is C19H19N5O. The zero-order valence-corrected chi connectivity index (χ0v) is 13.9. The largest absolute Gasteiger partial charge is 0.439 e. The number of hydrogen-bond acceptors (Lipinski definition) is 6. The third-order valence-electron chi connectivity index (χ3n) is 4.53. The molecular weight excluding hydrogens is 314 g/mol. The van der Waals surface area contributed by atoms with Crippen molar-refractivity contribution in [2.24, 2.45) is 5.92 Å². The number of nitrogens with one attached hydrogen (secondary N) is 1. The molecule has 6 nitrogen and oxygen atoms in total. The summed E-state index contributed by atoms with van der Waals surface area (Å²) in [5.41, 5.74) is 2.35. The van der Waals surface area contributed by atoms with Crippen molar-refractivity contribution in [3.8, 4) is 6.07 Å². The summed E-state index contributed by atoms with van der Waals surface area (Å²) in [7, 11) is 0. The lowest BCUT2D eigenvalue weighted by molar-refractivity contribution is 0.286. The molecule has 0 bridgehead atoms. The van der Waals surface area contributed by atoms with Gasteiger partial charge in [0.1, 0.15) is 17.4 Å². The topological polar surface area (TPSA) is 78.0 Å². The number of pyridine rings is 1. The first-order valence-electron chi connectivity index (χ1n) is 8.47. The van der Waals surface area contributed by atoms with Gasteiger partial charge in [-0.2, -0.15) is 5.26 Å². The number of benzene rings is 1. The highest BCUT2D eigenvalue weighted by molar-refractivity contribution is 5.72. The molecule has 1 fully saturated rings. The molecule has 1 aliphatic heterocycles. The fourth-order valence-corrected chi connectivity index (χ4v) is 3.22.